The van der Waals surface area contributed by atoms with Gasteiger partial charge in [-0.15, -0.1) is 0 Å². The lowest BCUT2D eigenvalue weighted by molar-refractivity contribution is 0.547. The summed E-state index contributed by atoms with van der Waals surface area (Å²) >= 11 is 0. The van der Waals surface area contributed by atoms with Crippen molar-refractivity contribution < 1.29 is 0 Å². The summed E-state index contributed by atoms with van der Waals surface area (Å²) in [5, 5.41) is 7.05. The molecule has 2 rings (SSSR count). The van der Waals surface area contributed by atoms with Crippen molar-refractivity contribution in [3.8, 4) is 0 Å². The van der Waals surface area contributed by atoms with E-state index in [9.17, 15) is 0 Å². The molecule has 1 heterocycles. The molecule has 2 heteroatoms. The molecular weight excluding hydrogens is 220 g/mol. The predicted molar refractivity (Wildman–Crippen MR) is 79.2 cm³/mol. The molecule has 0 radical (unpaired) electrons. The van der Waals surface area contributed by atoms with E-state index in [1.54, 1.807) is 0 Å². The zero-order valence-electron chi connectivity index (χ0n) is 11.9. The molecule has 1 saturated heterocycles. The first-order chi connectivity index (χ1) is 8.57. The summed E-state index contributed by atoms with van der Waals surface area (Å²) in [5.41, 5.74) is 2.92. The van der Waals surface area contributed by atoms with Crippen LogP contribution in [0.1, 0.15) is 39.2 Å². The standard InChI is InChI=1S/C16H26N2/c1-16(2,3)14-6-4-5-7-15(14)18-11-9-13-8-10-17-12-13/h4-7,13,17-18H,8-12H2,1-3H3. The summed E-state index contributed by atoms with van der Waals surface area (Å²) in [5.74, 6) is 0.860. The Morgan fingerprint density at radius 3 is 2.72 bits per heavy atom. The highest BCUT2D eigenvalue weighted by atomic mass is 14.9. The highest BCUT2D eigenvalue weighted by Gasteiger charge is 2.18. The van der Waals surface area contributed by atoms with Gasteiger partial charge in [-0.2, -0.15) is 0 Å². The lowest BCUT2D eigenvalue weighted by Gasteiger charge is -2.23. The molecule has 0 amide bonds. The Morgan fingerprint density at radius 1 is 1.28 bits per heavy atom. The third-order valence-electron chi connectivity index (χ3n) is 3.77. The number of nitrogens with one attached hydrogen (secondary N) is 2. The third kappa shape index (κ3) is 3.49. The maximum absolute atomic E-state index is 3.62. The summed E-state index contributed by atoms with van der Waals surface area (Å²) in [6.07, 6.45) is 2.61. The SMILES string of the molecule is CC(C)(C)c1ccccc1NCCC1CCNC1. The third-order valence-corrected chi connectivity index (χ3v) is 3.77. The summed E-state index contributed by atoms with van der Waals surface area (Å²) in [4.78, 5) is 0. The first kappa shape index (κ1) is 13.4. The topological polar surface area (TPSA) is 24.1 Å². The zero-order valence-corrected chi connectivity index (χ0v) is 11.9. The Labute approximate surface area is 111 Å². The monoisotopic (exact) mass is 246 g/mol. The molecule has 0 spiro atoms. The molecule has 1 atom stereocenters. The molecule has 1 fully saturated rings. The Kier molecular flexibility index (Phi) is 4.28. The quantitative estimate of drug-likeness (QED) is 0.851. The van der Waals surface area contributed by atoms with Crippen LogP contribution in [0.25, 0.3) is 0 Å². The second-order valence-electron chi connectivity index (χ2n) is 6.37. The van der Waals surface area contributed by atoms with Crippen molar-refractivity contribution in [1.82, 2.24) is 5.32 Å². The number of hydrogen-bond donors (Lipinski definition) is 2. The Bertz CT molecular complexity index is 373. The molecular formula is C16H26N2. The van der Waals surface area contributed by atoms with E-state index >= 15 is 0 Å². The van der Waals surface area contributed by atoms with Gasteiger partial charge in [-0.1, -0.05) is 39.0 Å². The van der Waals surface area contributed by atoms with Crippen molar-refractivity contribution in [2.45, 2.75) is 39.0 Å². The fourth-order valence-electron chi connectivity index (χ4n) is 2.66. The Hall–Kier alpha value is -1.02. The fourth-order valence-corrected chi connectivity index (χ4v) is 2.66. The van der Waals surface area contributed by atoms with Crippen LogP contribution in [0.4, 0.5) is 5.69 Å². The van der Waals surface area contributed by atoms with E-state index in [1.807, 2.05) is 0 Å². The number of benzene rings is 1. The largest absolute Gasteiger partial charge is 0.385 e. The normalized spacial score (nSPS) is 20.1. The Morgan fingerprint density at radius 2 is 2.06 bits per heavy atom. The second kappa shape index (κ2) is 5.75. The summed E-state index contributed by atoms with van der Waals surface area (Å²) in [6.45, 7) is 10.3. The van der Waals surface area contributed by atoms with Crippen LogP contribution in [0.5, 0.6) is 0 Å². The van der Waals surface area contributed by atoms with Gasteiger partial charge in [0.2, 0.25) is 0 Å². The fraction of sp³-hybridized carbons (Fsp3) is 0.625. The summed E-state index contributed by atoms with van der Waals surface area (Å²) < 4.78 is 0. The summed E-state index contributed by atoms with van der Waals surface area (Å²) in [6, 6.07) is 8.69. The van der Waals surface area contributed by atoms with Gasteiger partial charge in [0.1, 0.15) is 0 Å². The number of anilines is 1. The molecule has 18 heavy (non-hydrogen) atoms. The van der Waals surface area contributed by atoms with Crippen molar-refractivity contribution >= 4 is 5.69 Å². The molecule has 1 aromatic carbocycles. The van der Waals surface area contributed by atoms with Crippen LogP contribution in [0.15, 0.2) is 24.3 Å². The molecule has 100 valence electrons. The van der Waals surface area contributed by atoms with Gasteiger partial charge in [0.25, 0.3) is 0 Å². The zero-order chi connectivity index (χ0) is 13.0. The second-order valence-corrected chi connectivity index (χ2v) is 6.37. The molecule has 0 aromatic heterocycles. The van der Waals surface area contributed by atoms with Gasteiger partial charge in [-0.3, -0.25) is 0 Å². The maximum Gasteiger partial charge on any atom is 0.0378 e. The Balaban J connectivity index is 1.92. The van der Waals surface area contributed by atoms with Crippen molar-refractivity contribution in [3.05, 3.63) is 29.8 Å². The average molecular weight is 246 g/mol. The van der Waals surface area contributed by atoms with E-state index in [-0.39, 0.29) is 5.41 Å². The van der Waals surface area contributed by atoms with Gasteiger partial charge in [-0.25, -0.2) is 0 Å². The minimum Gasteiger partial charge on any atom is -0.385 e. The minimum absolute atomic E-state index is 0.207. The minimum atomic E-state index is 0.207. The average Bonchev–Trinajstić information content (AvgIpc) is 2.81. The van der Waals surface area contributed by atoms with E-state index in [2.05, 4.69) is 55.7 Å². The molecule has 2 nitrogen and oxygen atoms in total. The highest BCUT2D eigenvalue weighted by molar-refractivity contribution is 5.54. The van der Waals surface area contributed by atoms with Crippen molar-refractivity contribution in [1.29, 1.82) is 0 Å². The van der Waals surface area contributed by atoms with E-state index in [0.29, 0.717) is 0 Å². The molecule has 1 unspecified atom stereocenters. The predicted octanol–water partition coefficient (Wildman–Crippen LogP) is 3.40. The van der Waals surface area contributed by atoms with Gasteiger partial charge in [-0.05, 0) is 48.9 Å². The van der Waals surface area contributed by atoms with Crippen LogP contribution in [-0.2, 0) is 5.41 Å². The molecule has 0 bridgehead atoms. The van der Waals surface area contributed by atoms with Crippen molar-refractivity contribution in [2.24, 2.45) is 5.92 Å². The molecule has 1 aliphatic heterocycles. The van der Waals surface area contributed by atoms with Crippen LogP contribution >= 0.6 is 0 Å². The van der Waals surface area contributed by atoms with Gasteiger partial charge in [0.15, 0.2) is 0 Å². The number of hydrogen-bond acceptors (Lipinski definition) is 2. The molecule has 2 N–H and O–H groups in total. The first-order valence-electron chi connectivity index (χ1n) is 7.11. The van der Waals surface area contributed by atoms with Crippen molar-refractivity contribution in [3.63, 3.8) is 0 Å². The first-order valence-corrected chi connectivity index (χ1v) is 7.11. The lowest BCUT2D eigenvalue weighted by Crippen LogP contribution is -2.17. The molecule has 0 saturated carbocycles. The van der Waals surface area contributed by atoms with Crippen LogP contribution in [-0.4, -0.2) is 19.6 Å². The van der Waals surface area contributed by atoms with Gasteiger partial charge in [0, 0.05) is 12.2 Å². The molecule has 1 aliphatic rings. The van der Waals surface area contributed by atoms with Crippen molar-refractivity contribution in [2.75, 3.05) is 25.0 Å². The lowest BCUT2D eigenvalue weighted by atomic mass is 9.86. The smallest absolute Gasteiger partial charge is 0.0378 e. The van der Waals surface area contributed by atoms with Crippen LogP contribution in [0.2, 0.25) is 0 Å². The summed E-state index contributed by atoms with van der Waals surface area (Å²) in [7, 11) is 0. The number of para-hydroxylation sites is 1. The van der Waals surface area contributed by atoms with E-state index in [1.165, 1.54) is 37.2 Å². The van der Waals surface area contributed by atoms with Gasteiger partial charge < -0.3 is 10.6 Å². The highest BCUT2D eigenvalue weighted by Crippen LogP contribution is 2.29. The van der Waals surface area contributed by atoms with E-state index in [4.69, 9.17) is 0 Å². The molecule has 0 aliphatic carbocycles. The van der Waals surface area contributed by atoms with Crippen LogP contribution < -0.4 is 10.6 Å². The van der Waals surface area contributed by atoms with Crippen LogP contribution in [0.3, 0.4) is 0 Å². The number of rotatable bonds is 4. The van der Waals surface area contributed by atoms with Gasteiger partial charge in [0.05, 0.1) is 0 Å². The van der Waals surface area contributed by atoms with E-state index in [0.717, 1.165) is 12.5 Å². The van der Waals surface area contributed by atoms with Gasteiger partial charge >= 0.3 is 0 Å². The molecule has 1 aromatic rings. The maximum atomic E-state index is 3.62. The van der Waals surface area contributed by atoms with Crippen LogP contribution in [0, 0.1) is 5.92 Å². The van der Waals surface area contributed by atoms with E-state index < -0.39 is 0 Å².